The van der Waals surface area contributed by atoms with Gasteiger partial charge in [-0.15, -0.1) is 0 Å². The number of allylic oxidation sites excluding steroid dienone is 1. The van der Waals surface area contributed by atoms with Gasteiger partial charge < -0.3 is 18.8 Å². The Hall–Kier alpha value is -3.54. The smallest absolute Gasteiger partial charge is 0.338 e. The lowest BCUT2D eigenvalue weighted by Crippen LogP contribution is -2.13. The van der Waals surface area contributed by atoms with Gasteiger partial charge >= 0.3 is 11.6 Å². The third kappa shape index (κ3) is 3.84. The van der Waals surface area contributed by atoms with E-state index in [2.05, 4.69) is 0 Å². The summed E-state index contributed by atoms with van der Waals surface area (Å²) in [6.07, 6.45) is 2.92. The molecule has 0 saturated carbocycles. The molecule has 1 aromatic heterocycles. The van der Waals surface area contributed by atoms with Crippen LogP contribution in [0.15, 0.2) is 69.9 Å². The molecule has 0 atom stereocenters. The summed E-state index contributed by atoms with van der Waals surface area (Å²) in [5.41, 5.74) is 1.46. The SMILES string of the molecule is C/C=C/C(=O)Oc1cc(N(C)c2cc(=O)oc3ccccc23)ccc1OC. The van der Waals surface area contributed by atoms with E-state index in [1.807, 2.05) is 30.1 Å². The minimum Gasteiger partial charge on any atom is -0.493 e. The van der Waals surface area contributed by atoms with Gasteiger partial charge in [0, 0.05) is 36.3 Å². The molecule has 0 aliphatic heterocycles. The van der Waals surface area contributed by atoms with Crippen molar-refractivity contribution in [2.45, 2.75) is 6.92 Å². The van der Waals surface area contributed by atoms with Crippen LogP contribution < -0.4 is 20.0 Å². The Morgan fingerprint density at radius 2 is 1.89 bits per heavy atom. The first-order chi connectivity index (χ1) is 13.0. The predicted molar refractivity (Wildman–Crippen MR) is 104 cm³/mol. The van der Waals surface area contributed by atoms with Gasteiger partial charge in [0.15, 0.2) is 11.5 Å². The quantitative estimate of drug-likeness (QED) is 0.294. The van der Waals surface area contributed by atoms with Crippen molar-refractivity contribution >= 4 is 28.3 Å². The third-order valence-electron chi connectivity index (χ3n) is 4.04. The first-order valence-electron chi connectivity index (χ1n) is 8.32. The van der Waals surface area contributed by atoms with E-state index >= 15 is 0 Å². The van der Waals surface area contributed by atoms with Crippen LogP contribution in [-0.4, -0.2) is 20.1 Å². The van der Waals surface area contributed by atoms with Gasteiger partial charge in [-0.05, 0) is 31.2 Å². The molecule has 0 aliphatic rings. The molecule has 138 valence electrons. The number of para-hydroxylation sites is 1. The molecule has 0 unspecified atom stereocenters. The van der Waals surface area contributed by atoms with E-state index in [0.717, 1.165) is 11.1 Å². The van der Waals surface area contributed by atoms with E-state index in [1.54, 1.807) is 37.3 Å². The number of hydrogen-bond acceptors (Lipinski definition) is 6. The van der Waals surface area contributed by atoms with Gasteiger partial charge in [-0.3, -0.25) is 0 Å². The number of carbonyl (C=O) groups is 1. The first-order valence-corrected chi connectivity index (χ1v) is 8.32. The fourth-order valence-corrected chi connectivity index (χ4v) is 2.74. The number of rotatable bonds is 5. The van der Waals surface area contributed by atoms with Crippen LogP contribution in [0.1, 0.15) is 6.92 Å². The molecule has 0 fully saturated rings. The zero-order chi connectivity index (χ0) is 19.4. The van der Waals surface area contributed by atoms with Crippen LogP contribution in [0, 0.1) is 0 Å². The van der Waals surface area contributed by atoms with Crippen molar-refractivity contribution in [3.8, 4) is 11.5 Å². The van der Waals surface area contributed by atoms with E-state index in [0.29, 0.717) is 17.0 Å². The zero-order valence-electron chi connectivity index (χ0n) is 15.3. The highest BCUT2D eigenvalue weighted by Crippen LogP contribution is 2.36. The highest BCUT2D eigenvalue weighted by molar-refractivity contribution is 5.92. The number of carbonyl (C=O) groups excluding carboxylic acids is 1. The number of esters is 1. The average molecular weight is 365 g/mol. The molecule has 0 saturated heterocycles. The lowest BCUT2D eigenvalue weighted by molar-refractivity contribution is -0.129. The minimum absolute atomic E-state index is 0.289. The van der Waals surface area contributed by atoms with Gasteiger partial charge in [-0.1, -0.05) is 18.2 Å². The second-order valence-corrected chi connectivity index (χ2v) is 5.76. The molecule has 0 radical (unpaired) electrons. The number of hydrogen-bond donors (Lipinski definition) is 0. The van der Waals surface area contributed by atoms with Gasteiger partial charge in [0.05, 0.1) is 12.8 Å². The Bertz CT molecular complexity index is 1070. The summed E-state index contributed by atoms with van der Waals surface area (Å²) < 4.78 is 15.9. The second kappa shape index (κ2) is 7.78. The van der Waals surface area contributed by atoms with Gasteiger partial charge in [0.2, 0.25) is 0 Å². The summed E-state index contributed by atoms with van der Waals surface area (Å²) in [5, 5.41) is 0.794. The molecule has 6 nitrogen and oxygen atoms in total. The van der Waals surface area contributed by atoms with Crippen molar-refractivity contribution in [2.75, 3.05) is 19.1 Å². The number of fused-ring (bicyclic) bond motifs is 1. The van der Waals surface area contributed by atoms with Gasteiger partial charge in [-0.25, -0.2) is 9.59 Å². The standard InChI is InChI=1S/C21H19NO5/c1-4-7-20(23)27-19-12-14(10-11-18(19)25-3)22(2)16-13-21(24)26-17-9-6-5-8-15(16)17/h4-13H,1-3H3/b7-4+. The van der Waals surface area contributed by atoms with Crippen LogP contribution >= 0.6 is 0 Å². The molecule has 3 rings (SSSR count). The highest BCUT2D eigenvalue weighted by atomic mass is 16.6. The summed E-state index contributed by atoms with van der Waals surface area (Å²) in [4.78, 5) is 25.6. The van der Waals surface area contributed by atoms with Crippen LogP contribution in [0.25, 0.3) is 11.0 Å². The lowest BCUT2D eigenvalue weighted by Gasteiger charge is -2.22. The summed E-state index contributed by atoms with van der Waals surface area (Å²) in [7, 11) is 3.32. The Labute approximate surface area is 156 Å². The Kier molecular flexibility index (Phi) is 5.26. The maximum absolute atomic E-state index is 11.9. The molecule has 0 N–H and O–H groups in total. The molecular weight excluding hydrogens is 346 g/mol. The number of anilines is 2. The second-order valence-electron chi connectivity index (χ2n) is 5.76. The molecule has 0 spiro atoms. The Morgan fingerprint density at radius 1 is 1.11 bits per heavy atom. The number of nitrogens with zero attached hydrogens (tertiary/aromatic N) is 1. The van der Waals surface area contributed by atoms with E-state index < -0.39 is 11.6 Å². The molecule has 0 amide bonds. The van der Waals surface area contributed by atoms with Crippen LogP contribution in [0.2, 0.25) is 0 Å². The normalized spacial score (nSPS) is 10.9. The summed E-state index contributed by atoms with van der Waals surface area (Å²) in [6.45, 7) is 1.73. The van der Waals surface area contributed by atoms with E-state index in [-0.39, 0.29) is 5.75 Å². The highest BCUT2D eigenvalue weighted by Gasteiger charge is 2.15. The average Bonchev–Trinajstić information content (AvgIpc) is 2.66. The first kappa shape index (κ1) is 18.3. The van der Waals surface area contributed by atoms with Crippen LogP contribution in [0.4, 0.5) is 11.4 Å². The molecule has 0 bridgehead atoms. The molecular formula is C21H19NO5. The van der Waals surface area contributed by atoms with Crippen LogP contribution in [-0.2, 0) is 4.79 Å². The van der Waals surface area contributed by atoms with Crippen LogP contribution in [0.5, 0.6) is 11.5 Å². The Balaban J connectivity index is 2.06. The van der Waals surface area contributed by atoms with Crippen LogP contribution in [0.3, 0.4) is 0 Å². The number of ether oxygens (including phenoxy) is 2. The molecule has 1 heterocycles. The van der Waals surface area contributed by atoms with Crippen molar-refractivity contribution in [1.29, 1.82) is 0 Å². The van der Waals surface area contributed by atoms with Crippen molar-refractivity contribution in [1.82, 2.24) is 0 Å². The van der Waals surface area contributed by atoms with Gasteiger partial charge in [-0.2, -0.15) is 0 Å². The largest absolute Gasteiger partial charge is 0.493 e. The molecule has 27 heavy (non-hydrogen) atoms. The zero-order valence-corrected chi connectivity index (χ0v) is 15.3. The summed E-state index contributed by atoms with van der Waals surface area (Å²) in [6, 6.07) is 13.9. The lowest BCUT2D eigenvalue weighted by atomic mass is 10.1. The minimum atomic E-state index is -0.499. The summed E-state index contributed by atoms with van der Waals surface area (Å²) >= 11 is 0. The third-order valence-corrected chi connectivity index (χ3v) is 4.04. The van der Waals surface area contributed by atoms with Gasteiger partial charge in [0.1, 0.15) is 5.58 Å². The predicted octanol–water partition coefficient (Wildman–Crippen LogP) is 4.05. The Morgan fingerprint density at radius 3 is 2.63 bits per heavy atom. The topological polar surface area (TPSA) is 69.0 Å². The van der Waals surface area contributed by atoms with Crippen molar-refractivity contribution in [3.05, 3.63) is 71.1 Å². The number of methoxy groups -OCH3 is 1. The van der Waals surface area contributed by atoms with Crippen molar-refractivity contribution in [2.24, 2.45) is 0 Å². The maximum Gasteiger partial charge on any atom is 0.338 e. The van der Waals surface area contributed by atoms with Crippen molar-refractivity contribution in [3.63, 3.8) is 0 Å². The fourth-order valence-electron chi connectivity index (χ4n) is 2.74. The maximum atomic E-state index is 11.9. The summed E-state index contributed by atoms with van der Waals surface area (Å²) in [5.74, 6) is 0.223. The number of benzene rings is 2. The molecule has 3 aromatic rings. The van der Waals surface area contributed by atoms with Gasteiger partial charge in [0.25, 0.3) is 0 Å². The van der Waals surface area contributed by atoms with E-state index in [9.17, 15) is 9.59 Å². The molecule has 6 heteroatoms. The fraction of sp³-hybridized carbons (Fsp3) is 0.143. The molecule has 0 aliphatic carbocycles. The van der Waals surface area contributed by atoms with E-state index in [1.165, 1.54) is 19.3 Å². The monoisotopic (exact) mass is 365 g/mol. The molecule has 2 aromatic carbocycles. The van der Waals surface area contributed by atoms with E-state index in [4.69, 9.17) is 13.9 Å². The van der Waals surface area contributed by atoms with Crippen molar-refractivity contribution < 1.29 is 18.7 Å².